The first-order chi connectivity index (χ1) is 7.08. The summed E-state index contributed by atoms with van der Waals surface area (Å²) >= 11 is 0. The summed E-state index contributed by atoms with van der Waals surface area (Å²) in [5.74, 6) is 0.626. The summed E-state index contributed by atoms with van der Waals surface area (Å²) in [5.41, 5.74) is 0.693. The maximum atomic E-state index is 11.4. The zero-order chi connectivity index (χ0) is 10.9. The molecule has 0 aromatic heterocycles. The van der Waals surface area contributed by atoms with E-state index in [1.54, 1.807) is 0 Å². The van der Waals surface area contributed by atoms with Crippen molar-refractivity contribution < 1.29 is 9.53 Å². The van der Waals surface area contributed by atoms with E-state index in [4.69, 9.17) is 4.74 Å². The Morgan fingerprint density at radius 3 is 2.47 bits per heavy atom. The van der Waals surface area contributed by atoms with Gasteiger partial charge < -0.3 is 4.74 Å². The van der Waals surface area contributed by atoms with Crippen LogP contribution in [-0.2, 0) is 9.53 Å². The van der Waals surface area contributed by atoms with Gasteiger partial charge in [0.2, 0.25) is 0 Å². The summed E-state index contributed by atoms with van der Waals surface area (Å²) in [5, 5.41) is 0. The molecule has 0 unspecified atom stereocenters. The second-order valence-electron chi connectivity index (χ2n) is 4.47. The third-order valence-electron chi connectivity index (χ3n) is 2.52. The molecule has 78 valence electrons. The molecular weight excluding hydrogens is 188 g/mol. The Labute approximate surface area is 89.6 Å². The van der Waals surface area contributed by atoms with Gasteiger partial charge in [-0.2, -0.15) is 0 Å². The standard InChI is InChI=1S/C13H14O2/c1-13(2)9-11(15-12(13)14)8-10-6-4-3-5-7-10/h3-8H,9H2,1-2H3/b11-8-. The molecule has 1 aromatic rings. The number of cyclic esters (lactones) is 1. The summed E-state index contributed by atoms with van der Waals surface area (Å²) in [6.07, 6.45) is 2.60. The van der Waals surface area contributed by atoms with Crippen LogP contribution >= 0.6 is 0 Å². The summed E-state index contributed by atoms with van der Waals surface area (Å²) in [7, 11) is 0. The molecule has 0 N–H and O–H groups in total. The molecule has 1 aliphatic rings. The Hall–Kier alpha value is -1.57. The molecule has 1 heterocycles. The Morgan fingerprint density at radius 2 is 1.93 bits per heavy atom. The first kappa shape index (κ1) is 9.97. The molecule has 1 aromatic carbocycles. The highest BCUT2D eigenvalue weighted by atomic mass is 16.5. The van der Waals surface area contributed by atoms with Crippen molar-refractivity contribution in [2.75, 3.05) is 0 Å². The van der Waals surface area contributed by atoms with Gasteiger partial charge >= 0.3 is 5.97 Å². The number of hydrogen-bond acceptors (Lipinski definition) is 2. The minimum Gasteiger partial charge on any atom is -0.431 e. The molecule has 15 heavy (non-hydrogen) atoms. The first-order valence-corrected chi connectivity index (χ1v) is 5.06. The number of ether oxygens (including phenoxy) is 1. The van der Waals surface area contributed by atoms with Gasteiger partial charge in [0.25, 0.3) is 0 Å². The van der Waals surface area contributed by atoms with Crippen LogP contribution in [0.5, 0.6) is 0 Å². The molecule has 0 amide bonds. The van der Waals surface area contributed by atoms with E-state index in [1.165, 1.54) is 0 Å². The van der Waals surface area contributed by atoms with Crippen LogP contribution in [0.15, 0.2) is 36.1 Å². The fourth-order valence-corrected chi connectivity index (χ4v) is 1.62. The van der Waals surface area contributed by atoms with Crippen LogP contribution in [0.25, 0.3) is 6.08 Å². The quantitative estimate of drug-likeness (QED) is 0.654. The van der Waals surface area contributed by atoms with Crippen molar-refractivity contribution in [3.8, 4) is 0 Å². The summed E-state index contributed by atoms with van der Waals surface area (Å²) in [6.45, 7) is 3.81. The maximum absolute atomic E-state index is 11.4. The third kappa shape index (κ3) is 2.09. The van der Waals surface area contributed by atoms with Crippen molar-refractivity contribution in [3.63, 3.8) is 0 Å². The van der Waals surface area contributed by atoms with Gasteiger partial charge in [0.1, 0.15) is 5.76 Å². The van der Waals surface area contributed by atoms with E-state index in [0.717, 1.165) is 11.3 Å². The number of rotatable bonds is 1. The van der Waals surface area contributed by atoms with Crippen molar-refractivity contribution >= 4 is 12.0 Å². The number of esters is 1. The largest absolute Gasteiger partial charge is 0.431 e. The molecule has 2 heteroatoms. The predicted molar refractivity (Wildman–Crippen MR) is 58.9 cm³/mol. The SMILES string of the molecule is CC1(C)C/C(=C/c2ccccc2)OC1=O. The van der Waals surface area contributed by atoms with Crippen LogP contribution in [0.3, 0.4) is 0 Å². The number of carbonyl (C=O) groups excluding carboxylic acids is 1. The van der Waals surface area contributed by atoms with Gasteiger partial charge in [0.15, 0.2) is 0 Å². The monoisotopic (exact) mass is 202 g/mol. The molecular formula is C13H14O2. The summed E-state index contributed by atoms with van der Waals surface area (Å²) in [4.78, 5) is 11.4. The minimum atomic E-state index is -0.374. The van der Waals surface area contributed by atoms with E-state index in [0.29, 0.717) is 6.42 Å². The number of allylic oxidation sites excluding steroid dienone is 1. The van der Waals surface area contributed by atoms with Crippen molar-refractivity contribution in [2.24, 2.45) is 5.41 Å². The highest BCUT2D eigenvalue weighted by molar-refractivity contribution is 5.81. The molecule has 0 spiro atoms. The van der Waals surface area contributed by atoms with Crippen LogP contribution in [0, 0.1) is 5.41 Å². The second-order valence-corrected chi connectivity index (χ2v) is 4.47. The van der Waals surface area contributed by atoms with Gasteiger partial charge in [0.05, 0.1) is 5.41 Å². The van der Waals surface area contributed by atoms with Crippen molar-refractivity contribution in [2.45, 2.75) is 20.3 Å². The van der Waals surface area contributed by atoms with Gasteiger partial charge in [-0.3, -0.25) is 4.79 Å². The number of hydrogen-bond donors (Lipinski definition) is 0. The maximum Gasteiger partial charge on any atom is 0.317 e. The molecule has 0 bridgehead atoms. The van der Waals surface area contributed by atoms with Crippen molar-refractivity contribution in [1.82, 2.24) is 0 Å². The topological polar surface area (TPSA) is 26.3 Å². The Bertz CT molecular complexity index is 402. The lowest BCUT2D eigenvalue weighted by atomic mass is 9.91. The average Bonchev–Trinajstić information content (AvgIpc) is 2.42. The smallest absolute Gasteiger partial charge is 0.317 e. The van der Waals surface area contributed by atoms with E-state index in [9.17, 15) is 4.79 Å². The van der Waals surface area contributed by atoms with Gasteiger partial charge in [-0.25, -0.2) is 0 Å². The first-order valence-electron chi connectivity index (χ1n) is 5.06. The normalized spacial score (nSPS) is 21.7. The van der Waals surface area contributed by atoms with Crippen molar-refractivity contribution in [1.29, 1.82) is 0 Å². The molecule has 2 rings (SSSR count). The zero-order valence-electron chi connectivity index (χ0n) is 8.99. The van der Waals surface area contributed by atoms with E-state index in [-0.39, 0.29) is 11.4 Å². The molecule has 1 aliphatic heterocycles. The summed E-state index contributed by atoms with van der Waals surface area (Å²) < 4.78 is 5.20. The van der Waals surface area contributed by atoms with Crippen molar-refractivity contribution in [3.05, 3.63) is 41.7 Å². The molecule has 1 saturated heterocycles. The second kappa shape index (κ2) is 3.54. The lowest BCUT2D eigenvalue weighted by Crippen LogP contribution is -2.16. The Balaban J connectivity index is 2.22. The molecule has 0 saturated carbocycles. The number of benzene rings is 1. The molecule has 0 radical (unpaired) electrons. The van der Waals surface area contributed by atoms with Gasteiger partial charge in [-0.15, -0.1) is 0 Å². The molecule has 1 fully saturated rings. The molecule has 0 aliphatic carbocycles. The molecule has 0 atom stereocenters. The van der Waals surface area contributed by atoms with Crippen LogP contribution < -0.4 is 0 Å². The lowest BCUT2D eigenvalue weighted by molar-refractivity contribution is -0.142. The van der Waals surface area contributed by atoms with Crippen LogP contribution in [-0.4, -0.2) is 5.97 Å². The summed E-state index contributed by atoms with van der Waals surface area (Å²) in [6, 6.07) is 9.88. The third-order valence-corrected chi connectivity index (χ3v) is 2.52. The van der Waals surface area contributed by atoms with E-state index < -0.39 is 0 Å². The fourth-order valence-electron chi connectivity index (χ4n) is 1.62. The van der Waals surface area contributed by atoms with Gasteiger partial charge in [0, 0.05) is 6.42 Å². The van der Waals surface area contributed by atoms with Crippen LogP contribution in [0.4, 0.5) is 0 Å². The fraction of sp³-hybridized carbons (Fsp3) is 0.308. The van der Waals surface area contributed by atoms with E-state index >= 15 is 0 Å². The predicted octanol–water partition coefficient (Wildman–Crippen LogP) is 3.00. The van der Waals surface area contributed by atoms with Crippen LogP contribution in [0.2, 0.25) is 0 Å². The Morgan fingerprint density at radius 1 is 1.27 bits per heavy atom. The zero-order valence-corrected chi connectivity index (χ0v) is 8.99. The Kier molecular flexibility index (Phi) is 2.35. The number of carbonyl (C=O) groups is 1. The van der Waals surface area contributed by atoms with Crippen LogP contribution in [0.1, 0.15) is 25.8 Å². The minimum absolute atomic E-state index is 0.135. The molecule has 2 nitrogen and oxygen atoms in total. The van der Waals surface area contributed by atoms with Gasteiger partial charge in [-0.05, 0) is 25.5 Å². The van der Waals surface area contributed by atoms with E-state index in [2.05, 4.69) is 0 Å². The van der Waals surface area contributed by atoms with Gasteiger partial charge in [-0.1, -0.05) is 30.3 Å². The highest BCUT2D eigenvalue weighted by Crippen LogP contribution is 2.36. The van der Waals surface area contributed by atoms with E-state index in [1.807, 2.05) is 50.3 Å². The highest BCUT2D eigenvalue weighted by Gasteiger charge is 2.38. The lowest BCUT2D eigenvalue weighted by Gasteiger charge is -2.07. The average molecular weight is 202 g/mol.